The molecule has 1 amide bonds. The van der Waals surface area contributed by atoms with Gasteiger partial charge in [0, 0.05) is 18.2 Å². The second-order valence-electron chi connectivity index (χ2n) is 6.00. The Morgan fingerprint density at radius 1 is 1.25 bits per heavy atom. The number of sulfonamides is 1. The van der Waals surface area contributed by atoms with E-state index in [2.05, 4.69) is 5.32 Å². The van der Waals surface area contributed by atoms with Crippen LogP contribution in [0.15, 0.2) is 42.5 Å². The Bertz CT molecular complexity index is 991. The van der Waals surface area contributed by atoms with Crippen LogP contribution in [0.3, 0.4) is 0 Å². The monoisotopic (exact) mass is 407 g/mol. The van der Waals surface area contributed by atoms with Gasteiger partial charge in [0.2, 0.25) is 15.9 Å². The number of anilines is 2. The SMILES string of the molecule is CCOc1cccc(N(CC(=O)Nc2cc([N+](=O)[O-])ccc2C)S(C)(=O)=O)c1. The molecule has 0 aromatic heterocycles. The Hall–Kier alpha value is -3.14. The number of rotatable bonds is 8. The van der Waals surface area contributed by atoms with Crippen LogP contribution in [0.4, 0.5) is 17.1 Å². The zero-order chi connectivity index (χ0) is 20.9. The molecule has 0 saturated heterocycles. The van der Waals surface area contributed by atoms with Gasteiger partial charge in [-0.3, -0.25) is 19.2 Å². The molecule has 1 N–H and O–H groups in total. The average Bonchev–Trinajstić information content (AvgIpc) is 2.61. The van der Waals surface area contributed by atoms with E-state index in [1.807, 2.05) is 0 Å². The summed E-state index contributed by atoms with van der Waals surface area (Å²) in [4.78, 5) is 22.8. The number of nitro benzene ring substituents is 1. The molecule has 0 spiro atoms. The predicted octanol–water partition coefficient (Wildman–Crippen LogP) is 2.71. The van der Waals surface area contributed by atoms with Gasteiger partial charge in [0.05, 0.1) is 29.2 Å². The summed E-state index contributed by atoms with van der Waals surface area (Å²) in [5.41, 5.74) is 0.962. The third-order valence-corrected chi connectivity index (χ3v) is 4.95. The maximum absolute atomic E-state index is 12.5. The summed E-state index contributed by atoms with van der Waals surface area (Å²) in [6.07, 6.45) is 0.992. The van der Waals surface area contributed by atoms with Gasteiger partial charge >= 0.3 is 0 Å². The number of benzene rings is 2. The predicted molar refractivity (Wildman–Crippen MR) is 106 cm³/mol. The summed E-state index contributed by atoms with van der Waals surface area (Å²) in [5, 5.41) is 13.5. The van der Waals surface area contributed by atoms with E-state index in [-0.39, 0.29) is 17.1 Å². The van der Waals surface area contributed by atoms with E-state index in [9.17, 15) is 23.3 Å². The van der Waals surface area contributed by atoms with Crippen molar-refractivity contribution in [1.82, 2.24) is 0 Å². The van der Waals surface area contributed by atoms with Crippen LogP contribution in [0.2, 0.25) is 0 Å². The minimum atomic E-state index is -3.76. The third-order valence-electron chi connectivity index (χ3n) is 3.81. The van der Waals surface area contributed by atoms with Crippen LogP contribution in [0, 0.1) is 17.0 Å². The second-order valence-corrected chi connectivity index (χ2v) is 7.91. The molecule has 0 atom stereocenters. The first kappa shape index (κ1) is 21.2. The highest BCUT2D eigenvalue weighted by molar-refractivity contribution is 7.92. The first-order chi connectivity index (χ1) is 13.1. The van der Waals surface area contributed by atoms with E-state index >= 15 is 0 Å². The third kappa shape index (κ3) is 5.43. The fraction of sp³-hybridized carbons (Fsp3) is 0.278. The Morgan fingerprint density at radius 3 is 2.57 bits per heavy atom. The lowest BCUT2D eigenvalue weighted by atomic mass is 10.2. The van der Waals surface area contributed by atoms with Crippen LogP contribution in [-0.2, 0) is 14.8 Å². The Morgan fingerprint density at radius 2 is 1.96 bits per heavy atom. The summed E-state index contributed by atoms with van der Waals surface area (Å²) in [6.45, 7) is 3.40. The average molecular weight is 407 g/mol. The Labute approximate surface area is 163 Å². The topological polar surface area (TPSA) is 119 Å². The lowest BCUT2D eigenvalue weighted by Gasteiger charge is -2.22. The molecule has 2 aromatic rings. The number of amides is 1. The molecule has 0 heterocycles. The van der Waals surface area contributed by atoms with Gasteiger partial charge in [-0.2, -0.15) is 0 Å². The summed E-state index contributed by atoms with van der Waals surface area (Å²) in [7, 11) is -3.76. The van der Waals surface area contributed by atoms with E-state index in [4.69, 9.17) is 4.74 Å². The van der Waals surface area contributed by atoms with Gasteiger partial charge in [0.1, 0.15) is 12.3 Å². The number of nitro groups is 1. The quantitative estimate of drug-likeness (QED) is 0.531. The fourth-order valence-electron chi connectivity index (χ4n) is 2.47. The van der Waals surface area contributed by atoms with Crippen LogP contribution < -0.4 is 14.4 Å². The van der Waals surface area contributed by atoms with Crippen LogP contribution in [0.5, 0.6) is 5.75 Å². The number of nitrogens with one attached hydrogen (secondary N) is 1. The number of aryl methyl sites for hydroxylation is 1. The summed E-state index contributed by atoms with van der Waals surface area (Å²) < 4.78 is 30.7. The zero-order valence-electron chi connectivity index (χ0n) is 15.7. The van der Waals surface area contributed by atoms with Gasteiger partial charge in [-0.05, 0) is 31.5 Å². The van der Waals surface area contributed by atoms with Crippen molar-refractivity contribution < 1.29 is 22.9 Å². The summed E-state index contributed by atoms with van der Waals surface area (Å²) >= 11 is 0. The van der Waals surface area contributed by atoms with Gasteiger partial charge < -0.3 is 10.1 Å². The molecule has 150 valence electrons. The van der Waals surface area contributed by atoms with Crippen molar-refractivity contribution >= 4 is 33.0 Å². The van der Waals surface area contributed by atoms with Gasteiger partial charge in [-0.1, -0.05) is 12.1 Å². The molecule has 0 aliphatic rings. The number of nitrogens with zero attached hydrogens (tertiary/aromatic N) is 2. The van der Waals surface area contributed by atoms with Gasteiger partial charge in [0.25, 0.3) is 5.69 Å². The molecule has 0 fully saturated rings. The van der Waals surface area contributed by atoms with Crippen molar-refractivity contribution in [2.75, 3.05) is 29.0 Å². The molecular weight excluding hydrogens is 386 g/mol. The van der Waals surface area contributed by atoms with Crippen LogP contribution in [0.25, 0.3) is 0 Å². The standard InChI is InChI=1S/C18H21N3O6S/c1-4-27-16-7-5-6-14(10-16)20(28(3,25)26)12-18(22)19-17-11-15(21(23)24)9-8-13(17)2/h5-11H,4,12H2,1-3H3,(H,19,22). The lowest BCUT2D eigenvalue weighted by molar-refractivity contribution is -0.384. The van der Waals surface area contributed by atoms with E-state index in [0.717, 1.165) is 10.6 Å². The molecule has 0 unspecified atom stereocenters. The second kappa shape index (κ2) is 8.70. The molecule has 2 aromatic carbocycles. The van der Waals surface area contributed by atoms with E-state index in [0.29, 0.717) is 17.9 Å². The van der Waals surface area contributed by atoms with Gasteiger partial charge in [0.15, 0.2) is 0 Å². The van der Waals surface area contributed by atoms with Crippen LogP contribution in [-0.4, -0.2) is 38.7 Å². The molecule has 9 nitrogen and oxygen atoms in total. The molecular formula is C18H21N3O6S. The number of carbonyl (C=O) groups is 1. The van der Waals surface area contributed by atoms with Crippen molar-refractivity contribution in [3.05, 3.63) is 58.1 Å². The molecule has 0 saturated carbocycles. The first-order valence-corrected chi connectivity index (χ1v) is 10.2. The minimum absolute atomic E-state index is 0.176. The van der Waals surface area contributed by atoms with Crippen LogP contribution in [0.1, 0.15) is 12.5 Å². The van der Waals surface area contributed by atoms with E-state index in [1.165, 1.54) is 24.3 Å². The Kier molecular flexibility index (Phi) is 6.57. The number of ether oxygens (including phenoxy) is 1. The molecule has 2 rings (SSSR count). The maximum atomic E-state index is 12.5. The smallest absolute Gasteiger partial charge is 0.271 e. The van der Waals surface area contributed by atoms with Crippen molar-refractivity contribution in [3.8, 4) is 5.75 Å². The van der Waals surface area contributed by atoms with E-state index < -0.39 is 27.4 Å². The highest BCUT2D eigenvalue weighted by Crippen LogP contribution is 2.25. The zero-order valence-corrected chi connectivity index (χ0v) is 16.5. The molecule has 0 aliphatic carbocycles. The molecule has 0 radical (unpaired) electrons. The number of hydrogen-bond acceptors (Lipinski definition) is 6. The first-order valence-electron chi connectivity index (χ1n) is 8.37. The minimum Gasteiger partial charge on any atom is -0.494 e. The normalized spacial score (nSPS) is 11.0. The molecule has 0 aliphatic heterocycles. The maximum Gasteiger partial charge on any atom is 0.271 e. The highest BCUT2D eigenvalue weighted by atomic mass is 32.2. The van der Waals surface area contributed by atoms with Gasteiger partial charge in [-0.25, -0.2) is 8.42 Å². The highest BCUT2D eigenvalue weighted by Gasteiger charge is 2.22. The van der Waals surface area contributed by atoms with Crippen molar-refractivity contribution in [2.45, 2.75) is 13.8 Å². The lowest BCUT2D eigenvalue weighted by Crippen LogP contribution is -2.37. The van der Waals surface area contributed by atoms with Crippen molar-refractivity contribution in [2.24, 2.45) is 0 Å². The summed E-state index contributed by atoms with van der Waals surface area (Å²) in [5.74, 6) is -0.153. The van der Waals surface area contributed by atoms with Crippen LogP contribution >= 0.6 is 0 Å². The number of non-ortho nitro benzene ring substituents is 1. The Balaban J connectivity index is 2.26. The van der Waals surface area contributed by atoms with E-state index in [1.54, 1.807) is 32.0 Å². The summed E-state index contributed by atoms with van der Waals surface area (Å²) in [6, 6.07) is 10.4. The molecule has 28 heavy (non-hydrogen) atoms. The number of carbonyl (C=O) groups excluding carboxylic acids is 1. The molecule has 0 bridgehead atoms. The largest absolute Gasteiger partial charge is 0.494 e. The van der Waals surface area contributed by atoms with Crippen molar-refractivity contribution in [1.29, 1.82) is 0 Å². The van der Waals surface area contributed by atoms with Crippen molar-refractivity contribution in [3.63, 3.8) is 0 Å². The molecule has 10 heteroatoms. The number of hydrogen-bond donors (Lipinski definition) is 1. The van der Waals surface area contributed by atoms with Gasteiger partial charge in [-0.15, -0.1) is 0 Å². The fourth-order valence-corrected chi connectivity index (χ4v) is 3.32.